The number of benzene rings is 1. The van der Waals surface area contributed by atoms with Gasteiger partial charge in [-0.1, -0.05) is 30.3 Å². The number of likely N-dealkylation sites (tertiary alicyclic amines) is 1. The van der Waals surface area contributed by atoms with E-state index in [2.05, 4.69) is 9.97 Å². The Balaban J connectivity index is 1.56. The van der Waals surface area contributed by atoms with Crippen molar-refractivity contribution < 1.29 is 4.79 Å². The number of hydrogen-bond acceptors (Lipinski definition) is 4. The summed E-state index contributed by atoms with van der Waals surface area (Å²) >= 11 is 0. The molecule has 25 heavy (non-hydrogen) atoms. The molecular weight excluding hydrogens is 318 g/mol. The lowest BCUT2D eigenvalue weighted by atomic mass is 10.1. The van der Waals surface area contributed by atoms with Gasteiger partial charge in [-0.25, -0.2) is 14.8 Å². The highest BCUT2D eigenvalue weighted by Crippen LogP contribution is 2.24. The Kier molecular flexibility index (Phi) is 3.83. The zero-order valence-corrected chi connectivity index (χ0v) is 14.0. The van der Waals surface area contributed by atoms with Crippen LogP contribution >= 0.6 is 0 Å². The van der Waals surface area contributed by atoms with Gasteiger partial charge in [-0.15, -0.1) is 0 Å². The van der Waals surface area contributed by atoms with Gasteiger partial charge in [-0.3, -0.25) is 13.9 Å². The maximum Gasteiger partial charge on any atom is 0.330 e. The largest absolute Gasteiger partial charge is 0.340 e. The molecule has 0 spiro atoms. The Morgan fingerprint density at radius 2 is 2.08 bits per heavy atom. The second-order valence-corrected chi connectivity index (χ2v) is 6.39. The molecule has 0 radical (unpaired) electrons. The quantitative estimate of drug-likeness (QED) is 0.719. The highest BCUT2D eigenvalue weighted by atomic mass is 16.2. The van der Waals surface area contributed by atoms with E-state index in [1.165, 1.54) is 6.33 Å². The molecule has 0 aliphatic carbocycles. The number of fused-ring (bicyclic) bond motifs is 1. The molecule has 7 heteroatoms. The zero-order valence-electron chi connectivity index (χ0n) is 14.0. The first-order valence-corrected chi connectivity index (χ1v) is 8.34. The first-order valence-electron chi connectivity index (χ1n) is 8.34. The van der Waals surface area contributed by atoms with Crippen LogP contribution in [0.4, 0.5) is 0 Å². The van der Waals surface area contributed by atoms with Crippen LogP contribution in [0.1, 0.15) is 18.0 Å². The van der Waals surface area contributed by atoms with E-state index in [4.69, 9.17) is 0 Å². The average molecular weight is 337 g/mol. The van der Waals surface area contributed by atoms with Crippen molar-refractivity contribution in [1.29, 1.82) is 0 Å². The summed E-state index contributed by atoms with van der Waals surface area (Å²) in [6.07, 6.45) is 4.24. The summed E-state index contributed by atoms with van der Waals surface area (Å²) < 4.78 is 3.26. The first kappa shape index (κ1) is 15.6. The fourth-order valence-corrected chi connectivity index (χ4v) is 3.48. The zero-order chi connectivity index (χ0) is 17.4. The monoisotopic (exact) mass is 337 g/mol. The van der Waals surface area contributed by atoms with E-state index in [-0.39, 0.29) is 17.6 Å². The van der Waals surface area contributed by atoms with Crippen molar-refractivity contribution >= 4 is 17.1 Å². The van der Waals surface area contributed by atoms with Gasteiger partial charge in [0, 0.05) is 20.1 Å². The van der Waals surface area contributed by atoms with Crippen LogP contribution in [0.15, 0.2) is 47.7 Å². The summed E-state index contributed by atoms with van der Waals surface area (Å²) in [4.78, 5) is 35.3. The van der Waals surface area contributed by atoms with Crippen LogP contribution < -0.4 is 5.69 Å². The van der Waals surface area contributed by atoms with Gasteiger partial charge >= 0.3 is 5.69 Å². The van der Waals surface area contributed by atoms with Gasteiger partial charge in [0.2, 0.25) is 5.91 Å². The molecule has 1 atom stereocenters. The topological polar surface area (TPSA) is 73.0 Å². The van der Waals surface area contributed by atoms with Gasteiger partial charge in [-0.05, 0) is 12.0 Å². The molecule has 0 saturated carbocycles. The fourth-order valence-electron chi connectivity index (χ4n) is 3.48. The van der Waals surface area contributed by atoms with Crippen LogP contribution in [0.5, 0.6) is 0 Å². The van der Waals surface area contributed by atoms with Gasteiger partial charge in [0.05, 0.1) is 18.7 Å². The third-order valence-electron chi connectivity index (χ3n) is 4.83. The Hall–Kier alpha value is -2.96. The van der Waals surface area contributed by atoms with Crippen molar-refractivity contribution in [1.82, 2.24) is 24.0 Å². The average Bonchev–Trinajstić information content (AvgIpc) is 3.20. The van der Waals surface area contributed by atoms with Crippen LogP contribution in [0, 0.1) is 0 Å². The van der Waals surface area contributed by atoms with E-state index < -0.39 is 0 Å². The molecule has 1 fully saturated rings. The molecule has 128 valence electrons. The van der Waals surface area contributed by atoms with Crippen molar-refractivity contribution in [3.63, 3.8) is 0 Å². The van der Waals surface area contributed by atoms with Gasteiger partial charge in [0.1, 0.15) is 11.8 Å². The van der Waals surface area contributed by atoms with Crippen LogP contribution in [-0.4, -0.2) is 43.0 Å². The van der Waals surface area contributed by atoms with E-state index >= 15 is 0 Å². The fraction of sp³-hybridized carbons (Fsp3) is 0.333. The number of imidazole rings is 1. The molecule has 1 amide bonds. The van der Waals surface area contributed by atoms with Crippen molar-refractivity contribution in [2.75, 3.05) is 13.1 Å². The maximum absolute atomic E-state index is 12.6. The predicted octanol–water partition coefficient (Wildman–Crippen LogP) is 1.15. The number of hydrogen-bond donors (Lipinski definition) is 0. The van der Waals surface area contributed by atoms with Crippen molar-refractivity contribution in [3.05, 3.63) is 58.9 Å². The number of carbonyl (C=O) groups excluding carboxylic acids is 1. The van der Waals surface area contributed by atoms with Gasteiger partial charge in [-0.2, -0.15) is 0 Å². The van der Waals surface area contributed by atoms with E-state index in [1.54, 1.807) is 22.4 Å². The molecule has 1 aromatic carbocycles. The summed E-state index contributed by atoms with van der Waals surface area (Å²) in [5, 5.41) is 0. The second kappa shape index (κ2) is 6.16. The summed E-state index contributed by atoms with van der Waals surface area (Å²) in [6.45, 7) is 1.19. The summed E-state index contributed by atoms with van der Waals surface area (Å²) in [5.41, 5.74) is 2.23. The Morgan fingerprint density at radius 3 is 2.88 bits per heavy atom. The normalized spacial score (nSPS) is 17.3. The van der Waals surface area contributed by atoms with Crippen molar-refractivity contribution in [2.24, 2.45) is 7.05 Å². The van der Waals surface area contributed by atoms with Crippen LogP contribution in [0.3, 0.4) is 0 Å². The minimum absolute atomic E-state index is 0.0502. The van der Waals surface area contributed by atoms with Gasteiger partial charge < -0.3 is 4.90 Å². The SMILES string of the molecule is Cn1c(=O)n(C2CCN(C(=O)Cc3ccccc3)C2)c2ncncc21. The Morgan fingerprint density at radius 1 is 1.28 bits per heavy atom. The van der Waals surface area contributed by atoms with Crippen LogP contribution in [0.25, 0.3) is 11.2 Å². The molecular formula is C18H19N5O2. The van der Waals surface area contributed by atoms with Crippen LogP contribution in [0.2, 0.25) is 0 Å². The smallest absolute Gasteiger partial charge is 0.330 e. The molecule has 1 saturated heterocycles. The highest BCUT2D eigenvalue weighted by Gasteiger charge is 2.30. The maximum atomic E-state index is 12.6. The molecule has 1 unspecified atom stereocenters. The predicted molar refractivity (Wildman–Crippen MR) is 93.1 cm³/mol. The summed E-state index contributed by atoms with van der Waals surface area (Å²) in [6, 6.07) is 9.67. The van der Waals surface area contributed by atoms with Gasteiger partial charge in [0.15, 0.2) is 5.65 Å². The molecule has 2 aromatic heterocycles. The van der Waals surface area contributed by atoms with Crippen LogP contribution in [-0.2, 0) is 18.3 Å². The van der Waals surface area contributed by atoms with Crippen molar-refractivity contribution in [3.8, 4) is 0 Å². The number of aryl methyl sites for hydroxylation is 1. The third kappa shape index (κ3) is 2.71. The van der Waals surface area contributed by atoms with E-state index in [1.807, 2.05) is 35.2 Å². The second-order valence-electron chi connectivity index (χ2n) is 6.39. The standard InChI is InChI=1S/C18H19N5O2/c1-21-15-10-19-12-20-17(15)23(18(21)25)14-7-8-22(11-14)16(24)9-13-5-3-2-4-6-13/h2-6,10,12,14H,7-9,11H2,1H3. The minimum atomic E-state index is -0.113. The van der Waals surface area contributed by atoms with Crippen molar-refractivity contribution in [2.45, 2.75) is 18.9 Å². The Bertz CT molecular complexity index is 976. The van der Waals surface area contributed by atoms with E-state index in [9.17, 15) is 9.59 Å². The highest BCUT2D eigenvalue weighted by molar-refractivity contribution is 5.79. The summed E-state index contributed by atoms with van der Waals surface area (Å²) in [5.74, 6) is 0.0941. The number of aromatic nitrogens is 4. The molecule has 4 rings (SSSR count). The molecule has 3 heterocycles. The third-order valence-corrected chi connectivity index (χ3v) is 4.83. The molecule has 1 aliphatic heterocycles. The molecule has 1 aliphatic rings. The lowest BCUT2D eigenvalue weighted by Gasteiger charge is -2.17. The van der Waals surface area contributed by atoms with E-state index in [0.29, 0.717) is 30.7 Å². The Labute approximate surface area is 144 Å². The molecule has 7 nitrogen and oxygen atoms in total. The molecule has 0 bridgehead atoms. The minimum Gasteiger partial charge on any atom is -0.340 e. The van der Waals surface area contributed by atoms with Gasteiger partial charge in [0.25, 0.3) is 0 Å². The number of amides is 1. The van der Waals surface area contributed by atoms with E-state index in [0.717, 1.165) is 12.0 Å². The number of rotatable bonds is 3. The number of nitrogens with zero attached hydrogens (tertiary/aromatic N) is 5. The lowest BCUT2D eigenvalue weighted by Crippen LogP contribution is -2.32. The molecule has 3 aromatic rings. The molecule has 0 N–H and O–H groups in total. The number of carbonyl (C=O) groups is 1. The first-order chi connectivity index (χ1) is 12.1. The summed E-state index contributed by atoms with van der Waals surface area (Å²) in [7, 11) is 1.72. The lowest BCUT2D eigenvalue weighted by molar-refractivity contribution is -0.129.